The number of ether oxygens (including phenoxy) is 1. The number of aromatic nitrogens is 1. The Balaban J connectivity index is 1.55. The Kier molecular flexibility index (Phi) is 8.90. The zero-order chi connectivity index (χ0) is 23.8. The maximum absolute atomic E-state index is 13.2. The molecule has 1 saturated heterocycles. The van der Waals surface area contributed by atoms with Crippen LogP contribution in [0.15, 0.2) is 29.6 Å². The molecular formula is C23H29FN4O4S. The van der Waals surface area contributed by atoms with Gasteiger partial charge in [0.05, 0.1) is 18.7 Å². The van der Waals surface area contributed by atoms with Crippen LogP contribution in [-0.4, -0.2) is 72.4 Å². The molecule has 0 atom stereocenters. The summed E-state index contributed by atoms with van der Waals surface area (Å²) < 4.78 is 18.2. The number of amides is 3. The molecule has 0 spiro atoms. The average molecular weight is 477 g/mol. The van der Waals surface area contributed by atoms with Crippen molar-refractivity contribution < 1.29 is 23.5 Å². The number of methoxy groups -OCH3 is 1. The van der Waals surface area contributed by atoms with Gasteiger partial charge < -0.3 is 19.9 Å². The number of anilines is 1. The Hall–Kier alpha value is -2.85. The molecule has 1 aliphatic heterocycles. The number of hydrogen-bond acceptors (Lipinski definition) is 6. The van der Waals surface area contributed by atoms with Crippen LogP contribution < -0.4 is 5.32 Å². The molecule has 1 aliphatic rings. The van der Waals surface area contributed by atoms with E-state index in [0.29, 0.717) is 16.7 Å². The summed E-state index contributed by atoms with van der Waals surface area (Å²) in [7, 11) is 1.50. The van der Waals surface area contributed by atoms with Gasteiger partial charge in [-0.2, -0.15) is 0 Å². The number of rotatable bonds is 9. The van der Waals surface area contributed by atoms with Crippen molar-refractivity contribution in [1.29, 1.82) is 0 Å². The molecule has 33 heavy (non-hydrogen) atoms. The van der Waals surface area contributed by atoms with E-state index < -0.39 is 17.6 Å². The van der Waals surface area contributed by atoms with Gasteiger partial charge >= 0.3 is 0 Å². The van der Waals surface area contributed by atoms with Crippen molar-refractivity contribution in [2.24, 2.45) is 5.92 Å². The highest BCUT2D eigenvalue weighted by molar-refractivity contribution is 7.13. The van der Waals surface area contributed by atoms with Crippen LogP contribution in [0.5, 0.6) is 0 Å². The first-order valence-corrected chi connectivity index (χ1v) is 11.8. The van der Waals surface area contributed by atoms with Crippen LogP contribution in [0.1, 0.15) is 35.8 Å². The van der Waals surface area contributed by atoms with Crippen molar-refractivity contribution in [1.82, 2.24) is 14.8 Å². The lowest BCUT2D eigenvalue weighted by Gasteiger charge is -2.30. The zero-order valence-electron chi connectivity index (χ0n) is 18.9. The highest BCUT2D eigenvalue weighted by atomic mass is 32.1. The summed E-state index contributed by atoms with van der Waals surface area (Å²) in [5.41, 5.74) is 0.889. The summed E-state index contributed by atoms with van der Waals surface area (Å²) in [4.78, 5) is 45.4. The maximum Gasteiger partial charge on any atom is 0.254 e. The van der Waals surface area contributed by atoms with Crippen LogP contribution >= 0.6 is 11.3 Å². The van der Waals surface area contributed by atoms with Crippen molar-refractivity contribution in [2.45, 2.75) is 26.2 Å². The molecule has 0 bridgehead atoms. The molecule has 0 radical (unpaired) electrons. The number of hydrogen-bond donors (Lipinski definition) is 1. The first-order valence-electron chi connectivity index (χ1n) is 10.9. The van der Waals surface area contributed by atoms with Crippen LogP contribution in [0.4, 0.5) is 9.52 Å². The van der Waals surface area contributed by atoms with Gasteiger partial charge in [-0.1, -0.05) is 6.92 Å². The van der Waals surface area contributed by atoms with E-state index >= 15 is 0 Å². The Bertz CT molecular complexity index is 958. The number of thiazole rings is 1. The fourth-order valence-corrected chi connectivity index (χ4v) is 4.26. The van der Waals surface area contributed by atoms with Gasteiger partial charge in [0.25, 0.3) is 5.91 Å². The maximum atomic E-state index is 13.2. The summed E-state index contributed by atoms with van der Waals surface area (Å²) >= 11 is 1.23. The van der Waals surface area contributed by atoms with Crippen molar-refractivity contribution in [3.05, 3.63) is 46.7 Å². The smallest absolute Gasteiger partial charge is 0.254 e. The minimum atomic E-state index is -0.444. The fourth-order valence-electron chi connectivity index (χ4n) is 3.53. The normalized spacial score (nSPS) is 14.2. The van der Waals surface area contributed by atoms with Crippen LogP contribution in [0.2, 0.25) is 0 Å². The van der Waals surface area contributed by atoms with Gasteiger partial charge in [-0.05, 0) is 43.0 Å². The van der Waals surface area contributed by atoms with Crippen molar-refractivity contribution in [3.8, 4) is 0 Å². The molecule has 1 N–H and O–H groups in total. The van der Waals surface area contributed by atoms with Crippen LogP contribution in [0.25, 0.3) is 0 Å². The number of nitrogens with zero attached hydrogens (tertiary/aromatic N) is 3. The first kappa shape index (κ1) is 24.8. The van der Waals surface area contributed by atoms with E-state index in [0.717, 1.165) is 25.9 Å². The molecular weight excluding hydrogens is 447 g/mol. The molecule has 1 aromatic carbocycles. The van der Waals surface area contributed by atoms with E-state index in [2.05, 4.69) is 17.2 Å². The van der Waals surface area contributed by atoms with Gasteiger partial charge in [-0.3, -0.25) is 14.4 Å². The van der Waals surface area contributed by atoms with Crippen LogP contribution in [0.3, 0.4) is 0 Å². The minimum absolute atomic E-state index is 0.0423. The Morgan fingerprint density at radius 2 is 1.94 bits per heavy atom. The second kappa shape index (κ2) is 11.9. The lowest BCUT2D eigenvalue weighted by atomic mass is 9.99. The van der Waals surface area contributed by atoms with E-state index in [9.17, 15) is 18.8 Å². The SMILES string of the molecule is COCCN(CC(=O)Nc1nc(CC(=O)N2CCC(C)CC2)cs1)C(=O)c1ccc(F)cc1. The number of halogens is 1. The first-order chi connectivity index (χ1) is 15.9. The monoisotopic (exact) mass is 476 g/mol. The molecule has 2 aromatic rings. The summed E-state index contributed by atoms with van der Waals surface area (Å²) in [5, 5.41) is 4.82. The number of nitrogens with one attached hydrogen (secondary N) is 1. The lowest BCUT2D eigenvalue weighted by molar-refractivity contribution is -0.131. The van der Waals surface area contributed by atoms with E-state index in [-0.39, 0.29) is 37.6 Å². The minimum Gasteiger partial charge on any atom is -0.383 e. The zero-order valence-corrected chi connectivity index (χ0v) is 19.7. The van der Waals surface area contributed by atoms with Gasteiger partial charge in [0.1, 0.15) is 12.4 Å². The number of carbonyl (C=O) groups is 3. The molecule has 1 fully saturated rings. The quantitative estimate of drug-likeness (QED) is 0.601. The number of piperidine rings is 1. The summed E-state index contributed by atoms with van der Waals surface area (Å²) in [6, 6.07) is 5.15. The highest BCUT2D eigenvalue weighted by Gasteiger charge is 2.22. The second-order valence-corrected chi connectivity index (χ2v) is 9.02. The molecule has 0 unspecified atom stereocenters. The van der Waals surface area contributed by atoms with E-state index in [1.165, 1.54) is 47.6 Å². The number of carbonyl (C=O) groups excluding carboxylic acids is 3. The van der Waals surface area contributed by atoms with Gasteiger partial charge in [0.2, 0.25) is 11.8 Å². The van der Waals surface area contributed by atoms with Gasteiger partial charge in [-0.25, -0.2) is 9.37 Å². The van der Waals surface area contributed by atoms with Gasteiger partial charge in [-0.15, -0.1) is 11.3 Å². The van der Waals surface area contributed by atoms with Gasteiger partial charge in [0, 0.05) is 37.7 Å². The largest absolute Gasteiger partial charge is 0.383 e. The predicted molar refractivity (Wildman–Crippen MR) is 124 cm³/mol. The molecule has 0 aliphatic carbocycles. The molecule has 3 rings (SSSR count). The highest BCUT2D eigenvalue weighted by Crippen LogP contribution is 2.19. The van der Waals surface area contributed by atoms with Crippen molar-refractivity contribution in [3.63, 3.8) is 0 Å². The third-order valence-corrected chi connectivity index (χ3v) is 6.35. The Morgan fingerprint density at radius 3 is 2.61 bits per heavy atom. The summed E-state index contributed by atoms with van der Waals surface area (Å²) in [5.74, 6) is -0.572. The Labute approximate surface area is 196 Å². The molecule has 178 valence electrons. The van der Waals surface area contributed by atoms with Crippen molar-refractivity contribution >= 4 is 34.2 Å². The average Bonchev–Trinajstić information content (AvgIpc) is 3.23. The third-order valence-electron chi connectivity index (χ3n) is 5.54. The summed E-state index contributed by atoms with van der Waals surface area (Å²) in [6.07, 6.45) is 2.23. The van der Waals surface area contributed by atoms with E-state index in [1.54, 1.807) is 5.38 Å². The molecule has 1 aromatic heterocycles. The standard InChI is InChI=1S/C23H29FN4O4S/c1-16-7-9-27(10-8-16)21(30)13-19-15-33-23(25-19)26-20(29)14-28(11-12-32-2)22(31)17-3-5-18(24)6-4-17/h3-6,15-16H,7-14H2,1-2H3,(H,25,26,29). The van der Waals surface area contributed by atoms with E-state index in [4.69, 9.17) is 4.74 Å². The molecule has 3 amide bonds. The lowest BCUT2D eigenvalue weighted by Crippen LogP contribution is -2.40. The predicted octanol–water partition coefficient (Wildman–Crippen LogP) is 2.81. The van der Waals surface area contributed by atoms with Crippen LogP contribution in [0, 0.1) is 11.7 Å². The number of benzene rings is 1. The summed E-state index contributed by atoms with van der Waals surface area (Å²) in [6.45, 7) is 3.98. The second-order valence-electron chi connectivity index (χ2n) is 8.16. The number of likely N-dealkylation sites (tertiary alicyclic amines) is 1. The van der Waals surface area contributed by atoms with Gasteiger partial charge in [0.15, 0.2) is 5.13 Å². The molecule has 2 heterocycles. The Morgan fingerprint density at radius 1 is 1.24 bits per heavy atom. The van der Waals surface area contributed by atoms with E-state index in [1.807, 2.05) is 4.90 Å². The topological polar surface area (TPSA) is 91.8 Å². The molecule has 0 saturated carbocycles. The molecule has 8 nitrogen and oxygen atoms in total. The fraction of sp³-hybridized carbons (Fsp3) is 0.478. The third kappa shape index (κ3) is 7.33. The van der Waals surface area contributed by atoms with Crippen molar-refractivity contribution in [2.75, 3.05) is 45.2 Å². The molecule has 10 heteroatoms. The van der Waals surface area contributed by atoms with Crippen LogP contribution in [-0.2, 0) is 20.7 Å².